The highest BCUT2D eigenvalue weighted by molar-refractivity contribution is 5.79. The molecule has 0 saturated carbocycles. The molecule has 8 heteroatoms. The first-order chi connectivity index (χ1) is 13.8. The van der Waals surface area contributed by atoms with Crippen molar-refractivity contribution in [1.82, 2.24) is 24.8 Å². The highest BCUT2D eigenvalue weighted by Gasteiger charge is 2.21. The number of nitrogens with zero attached hydrogens (tertiary/aromatic N) is 5. The van der Waals surface area contributed by atoms with Crippen LogP contribution in [0.5, 0.6) is 0 Å². The number of ether oxygens (including phenoxy) is 2. The standard InChI is InChI=1S/C20H30N6O2/c1-21-20(25-9-6-18(7-10-25)28-13-3-12-27-2)24-15-17-4-5-19(23-14-17)26-11-8-22-16-26/h4-5,8,11,14,16,18H,3,6-7,9-10,12-13,15H2,1-2H3,(H,21,24). The van der Waals surface area contributed by atoms with Crippen molar-refractivity contribution in [1.29, 1.82) is 0 Å². The average molecular weight is 387 g/mol. The summed E-state index contributed by atoms with van der Waals surface area (Å²) < 4.78 is 12.9. The summed E-state index contributed by atoms with van der Waals surface area (Å²) in [6.07, 6.45) is 10.6. The summed E-state index contributed by atoms with van der Waals surface area (Å²) in [5, 5.41) is 3.44. The van der Waals surface area contributed by atoms with E-state index in [1.54, 1.807) is 19.6 Å². The second kappa shape index (κ2) is 10.8. The fourth-order valence-electron chi connectivity index (χ4n) is 3.27. The van der Waals surface area contributed by atoms with Crippen molar-refractivity contribution < 1.29 is 9.47 Å². The van der Waals surface area contributed by atoms with Gasteiger partial charge in [0.05, 0.1) is 6.10 Å². The smallest absolute Gasteiger partial charge is 0.193 e. The minimum atomic E-state index is 0.339. The lowest BCUT2D eigenvalue weighted by Crippen LogP contribution is -2.46. The molecule has 1 aliphatic rings. The maximum atomic E-state index is 5.94. The van der Waals surface area contributed by atoms with Crippen LogP contribution in [-0.4, -0.2) is 72.0 Å². The van der Waals surface area contributed by atoms with Crippen molar-refractivity contribution in [3.05, 3.63) is 42.6 Å². The third-order valence-corrected chi connectivity index (χ3v) is 4.83. The molecule has 0 unspecified atom stereocenters. The zero-order chi connectivity index (χ0) is 19.6. The number of rotatable bonds is 8. The molecule has 1 saturated heterocycles. The van der Waals surface area contributed by atoms with Crippen molar-refractivity contribution in [2.75, 3.05) is 40.5 Å². The molecule has 2 aromatic heterocycles. The summed E-state index contributed by atoms with van der Waals surface area (Å²) in [4.78, 5) is 15.3. The second-order valence-electron chi connectivity index (χ2n) is 6.80. The Labute approximate surface area is 166 Å². The molecule has 0 atom stereocenters. The van der Waals surface area contributed by atoms with Crippen LogP contribution in [0.2, 0.25) is 0 Å². The Balaban J connectivity index is 1.42. The zero-order valence-corrected chi connectivity index (χ0v) is 16.8. The maximum Gasteiger partial charge on any atom is 0.193 e. The van der Waals surface area contributed by atoms with Gasteiger partial charge in [-0.05, 0) is 30.9 Å². The van der Waals surface area contributed by atoms with Gasteiger partial charge in [-0.25, -0.2) is 9.97 Å². The van der Waals surface area contributed by atoms with Crippen LogP contribution in [0.15, 0.2) is 42.0 Å². The molecule has 0 amide bonds. The average Bonchev–Trinajstić information content (AvgIpc) is 3.28. The van der Waals surface area contributed by atoms with E-state index in [9.17, 15) is 0 Å². The summed E-state index contributed by atoms with van der Waals surface area (Å²) in [6, 6.07) is 4.07. The SMILES string of the molecule is CN=C(NCc1ccc(-n2ccnc2)nc1)N1CCC(OCCCOC)CC1. The molecule has 1 aliphatic heterocycles. The summed E-state index contributed by atoms with van der Waals surface area (Å²) in [6.45, 7) is 4.12. The van der Waals surface area contributed by atoms with Gasteiger partial charge in [0.1, 0.15) is 12.1 Å². The van der Waals surface area contributed by atoms with Crippen LogP contribution in [0.1, 0.15) is 24.8 Å². The molecule has 3 heterocycles. The molecule has 0 bridgehead atoms. The predicted molar refractivity (Wildman–Crippen MR) is 109 cm³/mol. The number of imidazole rings is 1. The van der Waals surface area contributed by atoms with Gasteiger partial charge in [-0.3, -0.25) is 9.56 Å². The van der Waals surface area contributed by atoms with E-state index in [1.807, 2.05) is 30.1 Å². The quantitative estimate of drug-likeness (QED) is 0.424. The number of hydrogen-bond donors (Lipinski definition) is 1. The molecule has 1 fully saturated rings. The van der Waals surface area contributed by atoms with Crippen LogP contribution in [0, 0.1) is 0 Å². The molecule has 2 aromatic rings. The van der Waals surface area contributed by atoms with E-state index in [0.717, 1.165) is 62.9 Å². The Morgan fingerprint density at radius 3 is 2.79 bits per heavy atom. The van der Waals surface area contributed by atoms with E-state index < -0.39 is 0 Å². The molecule has 152 valence electrons. The minimum absolute atomic E-state index is 0.339. The first-order valence-electron chi connectivity index (χ1n) is 9.79. The van der Waals surface area contributed by atoms with Crippen molar-refractivity contribution in [3.63, 3.8) is 0 Å². The minimum Gasteiger partial charge on any atom is -0.385 e. The molecule has 0 spiro atoms. The van der Waals surface area contributed by atoms with Gasteiger partial charge < -0.3 is 19.7 Å². The van der Waals surface area contributed by atoms with Crippen LogP contribution < -0.4 is 5.32 Å². The maximum absolute atomic E-state index is 5.94. The number of nitrogens with one attached hydrogen (secondary N) is 1. The van der Waals surface area contributed by atoms with Crippen molar-refractivity contribution in [3.8, 4) is 5.82 Å². The topological polar surface area (TPSA) is 76.8 Å². The normalized spacial score (nSPS) is 15.8. The number of aliphatic imine (C=N–C) groups is 1. The Morgan fingerprint density at radius 2 is 2.14 bits per heavy atom. The monoisotopic (exact) mass is 386 g/mol. The van der Waals surface area contributed by atoms with Gasteiger partial charge in [0.2, 0.25) is 0 Å². The third-order valence-electron chi connectivity index (χ3n) is 4.83. The van der Waals surface area contributed by atoms with Crippen molar-refractivity contribution in [2.24, 2.45) is 4.99 Å². The van der Waals surface area contributed by atoms with Crippen LogP contribution in [-0.2, 0) is 16.0 Å². The first kappa shape index (κ1) is 20.3. The Kier molecular flexibility index (Phi) is 7.81. The fraction of sp³-hybridized carbons (Fsp3) is 0.550. The molecular formula is C20H30N6O2. The lowest BCUT2D eigenvalue weighted by molar-refractivity contribution is 0.00989. The number of methoxy groups -OCH3 is 1. The predicted octanol–water partition coefficient (Wildman–Crippen LogP) is 1.86. The summed E-state index contributed by atoms with van der Waals surface area (Å²) >= 11 is 0. The van der Waals surface area contributed by atoms with E-state index in [4.69, 9.17) is 9.47 Å². The fourth-order valence-corrected chi connectivity index (χ4v) is 3.27. The number of piperidine rings is 1. The molecule has 0 aromatic carbocycles. The number of guanidine groups is 1. The van der Waals surface area contributed by atoms with Crippen LogP contribution in [0.25, 0.3) is 5.82 Å². The van der Waals surface area contributed by atoms with Crippen molar-refractivity contribution >= 4 is 5.96 Å². The Hall–Kier alpha value is -2.45. The number of aromatic nitrogens is 3. The van der Waals surface area contributed by atoms with E-state index in [1.165, 1.54) is 0 Å². The molecule has 8 nitrogen and oxygen atoms in total. The van der Waals surface area contributed by atoms with Crippen LogP contribution in [0.4, 0.5) is 0 Å². The van der Waals surface area contributed by atoms with Gasteiger partial charge >= 0.3 is 0 Å². The van der Waals surface area contributed by atoms with Gasteiger partial charge in [0, 0.05) is 65.6 Å². The molecule has 1 N–H and O–H groups in total. The Morgan fingerprint density at radius 1 is 1.29 bits per heavy atom. The lowest BCUT2D eigenvalue weighted by atomic mass is 10.1. The summed E-state index contributed by atoms with van der Waals surface area (Å²) in [7, 11) is 3.55. The van der Waals surface area contributed by atoms with Gasteiger partial charge in [0.15, 0.2) is 5.96 Å². The molecule has 3 rings (SSSR count). The Bertz CT molecular complexity index is 709. The number of likely N-dealkylation sites (tertiary alicyclic amines) is 1. The van der Waals surface area contributed by atoms with E-state index in [0.29, 0.717) is 12.6 Å². The van der Waals surface area contributed by atoms with Gasteiger partial charge in [-0.2, -0.15) is 0 Å². The molecule has 0 aliphatic carbocycles. The van der Waals surface area contributed by atoms with E-state index in [-0.39, 0.29) is 0 Å². The van der Waals surface area contributed by atoms with Crippen LogP contribution in [0.3, 0.4) is 0 Å². The van der Waals surface area contributed by atoms with Crippen LogP contribution >= 0.6 is 0 Å². The van der Waals surface area contributed by atoms with Gasteiger partial charge in [-0.1, -0.05) is 6.07 Å². The summed E-state index contributed by atoms with van der Waals surface area (Å²) in [5.74, 6) is 1.79. The van der Waals surface area contributed by atoms with E-state index >= 15 is 0 Å². The van der Waals surface area contributed by atoms with Gasteiger partial charge in [-0.15, -0.1) is 0 Å². The van der Waals surface area contributed by atoms with E-state index in [2.05, 4.69) is 31.2 Å². The number of hydrogen-bond acceptors (Lipinski definition) is 5. The number of pyridine rings is 1. The highest BCUT2D eigenvalue weighted by Crippen LogP contribution is 2.14. The van der Waals surface area contributed by atoms with Gasteiger partial charge in [0.25, 0.3) is 0 Å². The molecule has 28 heavy (non-hydrogen) atoms. The lowest BCUT2D eigenvalue weighted by Gasteiger charge is -2.34. The second-order valence-corrected chi connectivity index (χ2v) is 6.80. The molecule has 0 radical (unpaired) electrons. The molecular weight excluding hydrogens is 356 g/mol. The van der Waals surface area contributed by atoms with Crippen molar-refractivity contribution in [2.45, 2.75) is 31.9 Å². The largest absolute Gasteiger partial charge is 0.385 e. The third kappa shape index (κ3) is 5.77. The first-order valence-corrected chi connectivity index (χ1v) is 9.79. The summed E-state index contributed by atoms with van der Waals surface area (Å²) in [5.41, 5.74) is 1.11. The highest BCUT2D eigenvalue weighted by atomic mass is 16.5. The zero-order valence-electron chi connectivity index (χ0n) is 16.8.